The number of β-lactam (4-membered cyclic amide) rings is 1. The first-order valence-corrected chi connectivity index (χ1v) is 14.8. The minimum atomic E-state index is -1.62. The Labute approximate surface area is 253 Å². The number of likely N-dealkylation sites (tertiary alicyclic amines) is 1. The van der Waals surface area contributed by atoms with Gasteiger partial charge in [-0.3, -0.25) is 19.4 Å². The summed E-state index contributed by atoms with van der Waals surface area (Å²) in [5.41, 5.74) is 1.68. The fraction of sp³-hybridized carbons (Fsp3) is 0.281. The van der Waals surface area contributed by atoms with Gasteiger partial charge in [-0.25, -0.2) is 4.79 Å². The number of carbonyl (C=O) groups excluding carboxylic acids is 4. The molecule has 0 bridgehead atoms. The molecule has 0 spiro atoms. The van der Waals surface area contributed by atoms with Gasteiger partial charge in [0.1, 0.15) is 16.7 Å². The molecular formula is C32H32N4O6S. The number of aromatic nitrogens is 1. The van der Waals surface area contributed by atoms with Gasteiger partial charge in [-0.1, -0.05) is 42.5 Å². The number of pyridine rings is 1. The van der Waals surface area contributed by atoms with Crippen LogP contribution in [0.3, 0.4) is 0 Å². The number of nitrogens with zero attached hydrogens (tertiary/aromatic N) is 3. The van der Waals surface area contributed by atoms with E-state index in [-0.39, 0.29) is 35.1 Å². The first-order valence-electron chi connectivity index (χ1n) is 13.8. The average molecular weight is 601 g/mol. The number of aliphatic hydroxyl groups is 1. The number of hydrogen-bond donors (Lipinski definition) is 2. The number of carbonyl (C=O) groups is 4. The second kappa shape index (κ2) is 12.4. The van der Waals surface area contributed by atoms with Gasteiger partial charge in [-0.2, -0.15) is 0 Å². The fourth-order valence-corrected chi connectivity index (χ4v) is 6.82. The lowest BCUT2D eigenvalue weighted by Crippen LogP contribution is -2.73. The molecule has 0 aliphatic carbocycles. The molecule has 222 valence electrons. The molecule has 43 heavy (non-hydrogen) atoms. The number of ether oxygens (including phenoxy) is 1. The molecule has 11 heteroatoms. The molecule has 0 radical (unpaired) electrons. The SMILES string of the molecule is C=CCN1C(=O)C2N(C(=O)[C@@H](O)[C@H](Cc3ccccc3)NC(=O)c3cccc(OC(=O)c4cccnc4)c3C)CS[C@@]21C. The van der Waals surface area contributed by atoms with Crippen LogP contribution in [0.25, 0.3) is 0 Å². The molecule has 1 aromatic heterocycles. The number of benzene rings is 2. The molecule has 5 rings (SSSR count). The molecule has 10 nitrogen and oxygen atoms in total. The van der Waals surface area contributed by atoms with Crippen molar-refractivity contribution in [2.45, 2.75) is 43.3 Å². The number of esters is 1. The first-order chi connectivity index (χ1) is 20.7. The number of rotatable bonds is 10. The Balaban J connectivity index is 1.36. The summed E-state index contributed by atoms with van der Waals surface area (Å²) in [6.07, 6.45) is 3.10. The molecule has 2 aromatic carbocycles. The van der Waals surface area contributed by atoms with Gasteiger partial charge in [0.2, 0.25) is 5.91 Å². The van der Waals surface area contributed by atoms with Crippen LogP contribution < -0.4 is 10.1 Å². The maximum absolute atomic E-state index is 13.7. The van der Waals surface area contributed by atoms with Crippen molar-refractivity contribution < 1.29 is 29.0 Å². The summed E-state index contributed by atoms with van der Waals surface area (Å²) in [5, 5.41) is 14.2. The van der Waals surface area contributed by atoms with Crippen LogP contribution in [-0.4, -0.2) is 79.1 Å². The lowest BCUT2D eigenvalue weighted by atomic mass is 9.93. The Morgan fingerprint density at radius 1 is 1.19 bits per heavy atom. The highest BCUT2D eigenvalue weighted by molar-refractivity contribution is 8.01. The van der Waals surface area contributed by atoms with Gasteiger partial charge in [0, 0.05) is 30.1 Å². The Bertz CT molecular complexity index is 1550. The smallest absolute Gasteiger partial charge is 0.345 e. The van der Waals surface area contributed by atoms with Crippen LogP contribution in [-0.2, 0) is 16.0 Å². The monoisotopic (exact) mass is 600 g/mol. The standard InChI is InChI=1S/C32H32N4O6S/c1-4-16-36-30(40)27-32(36,3)43-19-35(27)29(39)26(37)24(17-21-10-6-5-7-11-21)34-28(38)23-13-8-14-25(20(23)2)42-31(41)22-12-9-15-33-18-22/h4-15,18,24,26-27,37H,1,16-17,19H2,2-3H3,(H,34,38)/t24-,26-,27?,32-/m0/s1. The molecule has 2 aliphatic rings. The van der Waals surface area contributed by atoms with Crippen LogP contribution in [0.4, 0.5) is 0 Å². The van der Waals surface area contributed by atoms with Crippen molar-refractivity contribution in [3.8, 4) is 5.75 Å². The van der Waals surface area contributed by atoms with E-state index in [4.69, 9.17) is 4.74 Å². The van der Waals surface area contributed by atoms with Crippen LogP contribution in [0.2, 0.25) is 0 Å². The van der Waals surface area contributed by atoms with E-state index in [0.29, 0.717) is 12.1 Å². The van der Waals surface area contributed by atoms with Gasteiger partial charge >= 0.3 is 5.97 Å². The van der Waals surface area contributed by atoms with Crippen LogP contribution in [0, 0.1) is 6.92 Å². The van der Waals surface area contributed by atoms with Crippen molar-refractivity contribution in [1.82, 2.24) is 20.1 Å². The molecule has 1 unspecified atom stereocenters. The molecular weight excluding hydrogens is 568 g/mol. The van der Waals surface area contributed by atoms with E-state index in [1.54, 1.807) is 54.4 Å². The highest BCUT2D eigenvalue weighted by Gasteiger charge is 2.65. The Morgan fingerprint density at radius 2 is 1.95 bits per heavy atom. The first kappa shape index (κ1) is 30.0. The molecule has 0 saturated carbocycles. The Kier molecular flexibility index (Phi) is 8.65. The van der Waals surface area contributed by atoms with Crippen LogP contribution in [0.15, 0.2) is 85.7 Å². The van der Waals surface area contributed by atoms with Crippen LogP contribution in [0.1, 0.15) is 38.8 Å². The zero-order chi connectivity index (χ0) is 30.7. The predicted molar refractivity (Wildman–Crippen MR) is 161 cm³/mol. The van der Waals surface area contributed by atoms with Gasteiger partial charge in [0.25, 0.3) is 11.8 Å². The number of nitrogens with one attached hydrogen (secondary N) is 1. The minimum absolute atomic E-state index is 0.160. The molecule has 2 aliphatic heterocycles. The van der Waals surface area contributed by atoms with E-state index in [0.717, 1.165) is 5.56 Å². The fourth-order valence-electron chi connectivity index (χ4n) is 5.43. The summed E-state index contributed by atoms with van der Waals surface area (Å²) in [4.78, 5) is 59.2. The predicted octanol–water partition coefficient (Wildman–Crippen LogP) is 2.96. The Hall–Kier alpha value is -4.48. The molecule has 3 heterocycles. The van der Waals surface area contributed by atoms with Gasteiger partial charge in [-0.15, -0.1) is 18.3 Å². The lowest BCUT2D eigenvalue weighted by molar-refractivity contribution is -0.166. The van der Waals surface area contributed by atoms with Crippen molar-refractivity contribution in [1.29, 1.82) is 0 Å². The number of fused-ring (bicyclic) bond motifs is 1. The average Bonchev–Trinajstić information content (AvgIpc) is 3.34. The molecule has 2 saturated heterocycles. The summed E-state index contributed by atoms with van der Waals surface area (Å²) in [6.45, 7) is 7.62. The third-order valence-electron chi connectivity index (χ3n) is 7.82. The van der Waals surface area contributed by atoms with Crippen LogP contribution in [0.5, 0.6) is 5.75 Å². The molecule has 4 atom stereocenters. The van der Waals surface area contributed by atoms with E-state index in [1.807, 2.05) is 37.3 Å². The second-order valence-electron chi connectivity index (χ2n) is 10.6. The zero-order valence-corrected chi connectivity index (χ0v) is 24.6. The van der Waals surface area contributed by atoms with Crippen molar-refractivity contribution in [2.75, 3.05) is 12.4 Å². The largest absolute Gasteiger partial charge is 0.423 e. The number of hydrogen-bond acceptors (Lipinski definition) is 8. The van der Waals surface area contributed by atoms with Crippen molar-refractivity contribution >= 4 is 35.5 Å². The van der Waals surface area contributed by atoms with Crippen molar-refractivity contribution in [3.05, 3.63) is 108 Å². The number of amides is 3. The summed E-state index contributed by atoms with van der Waals surface area (Å²) in [5.74, 6) is -1.59. The van der Waals surface area contributed by atoms with Gasteiger partial charge in [0.05, 0.1) is 17.5 Å². The van der Waals surface area contributed by atoms with E-state index in [1.165, 1.54) is 22.9 Å². The third-order valence-corrected chi connectivity index (χ3v) is 9.26. The lowest BCUT2D eigenvalue weighted by Gasteiger charge is -2.52. The third kappa shape index (κ3) is 5.78. The summed E-state index contributed by atoms with van der Waals surface area (Å²) in [6, 6.07) is 15.4. The quantitative estimate of drug-likeness (QED) is 0.157. The maximum Gasteiger partial charge on any atom is 0.345 e. The maximum atomic E-state index is 13.7. The van der Waals surface area contributed by atoms with Gasteiger partial charge in [-0.05, 0) is 50.1 Å². The topological polar surface area (TPSA) is 129 Å². The van der Waals surface area contributed by atoms with Crippen molar-refractivity contribution in [2.24, 2.45) is 0 Å². The van der Waals surface area contributed by atoms with Gasteiger partial charge < -0.3 is 25.0 Å². The Morgan fingerprint density at radius 3 is 2.65 bits per heavy atom. The highest BCUT2D eigenvalue weighted by Crippen LogP contribution is 2.50. The number of aliphatic hydroxyl groups excluding tert-OH is 1. The van der Waals surface area contributed by atoms with Crippen LogP contribution >= 0.6 is 11.8 Å². The zero-order valence-electron chi connectivity index (χ0n) is 23.8. The molecule has 2 N–H and O–H groups in total. The minimum Gasteiger partial charge on any atom is -0.423 e. The number of thioether (sulfide) groups is 1. The molecule has 3 amide bonds. The normalized spacial score (nSPS) is 20.4. The van der Waals surface area contributed by atoms with E-state index < -0.39 is 40.8 Å². The highest BCUT2D eigenvalue weighted by atomic mass is 32.2. The van der Waals surface area contributed by atoms with E-state index >= 15 is 0 Å². The molecule has 2 fully saturated rings. The van der Waals surface area contributed by atoms with E-state index in [2.05, 4.69) is 16.9 Å². The van der Waals surface area contributed by atoms with E-state index in [9.17, 15) is 24.3 Å². The summed E-state index contributed by atoms with van der Waals surface area (Å²) >= 11 is 1.45. The molecule has 3 aromatic rings. The summed E-state index contributed by atoms with van der Waals surface area (Å²) in [7, 11) is 0. The second-order valence-corrected chi connectivity index (χ2v) is 11.9. The summed E-state index contributed by atoms with van der Waals surface area (Å²) < 4.78 is 5.54. The van der Waals surface area contributed by atoms with Crippen molar-refractivity contribution in [3.63, 3.8) is 0 Å². The van der Waals surface area contributed by atoms with Gasteiger partial charge in [0.15, 0.2) is 6.10 Å².